The molecule has 1 aliphatic heterocycles. The van der Waals surface area contributed by atoms with Gasteiger partial charge in [-0.05, 0) is 19.8 Å². The Kier molecular flexibility index (Phi) is 2.86. The summed E-state index contributed by atoms with van der Waals surface area (Å²) in [5.41, 5.74) is 1.89. The third-order valence-corrected chi connectivity index (χ3v) is 4.64. The third kappa shape index (κ3) is 1.97. The van der Waals surface area contributed by atoms with Gasteiger partial charge in [0.05, 0.1) is 23.2 Å². The van der Waals surface area contributed by atoms with Gasteiger partial charge in [-0.2, -0.15) is 5.10 Å². The van der Waals surface area contributed by atoms with Crippen LogP contribution in [0, 0.1) is 6.92 Å². The molecule has 1 fully saturated rings. The van der Waals surface area contributed by atoms with Crippen molar-refractivity contribution in [1.82, 2.24) is 9.78 Å². The lowest BCUT2D eigenvalue weighted by Gasteiger charge is -2.24. The monoisotopic (exact) mass is 251 g/mol. The molecule has 4 nitrogen and oxygen atoms in total. The Hall–Kier alpha value is -0.970. The molecular formula is C12H17N3OS. The van der Waals surface area contributed by atoms with E-state index in [9.17, 15) is 4.79 Å². The average molecular weight is 251 g/mol. The second-order valence-electron chi connectivity index (χ2n) is 4.84. The second kappa shape index (κ2) is 4.37. The minimum atomic E-state index is 0.0915. The molecule has 17 heavy (non-hydrogen) atoms. The lowest BCUT2D eigenvalue weighted by atomic mass is 9.96. The molecule has 1 aromatic heterocycles. The number of hydrogen-bond acceptors (Lipinski definition) is 3. The van der Waals surface area contributed by atoms with Gasteiger partial charge >= 0.3 is 0 Å². The normalized spacial score (nSPS) is 21.1. The predicted octanol–water partition coefficient (Wildman–Crippen LogP) is 2.74. The standard InChI is InChI=1S/C12H17N3OS/c1-8-11-12(17-7-10(16)13-11)15(14-8)9-5-3-2-4-6-9/h9H,2-7H2,1H3,(H,13,16). The molecule has 2 heterocycles. The fourth-order valence-electron chi connectivity index (χ4n) is 2.69. The lowest BCUT2D eigenvalue weighted by molar-refractivity contribution is -0.113. The van der Waals surface area contributed by atoms with Crippen molar-refractivity contribution in [3.05, 3.63) is 5.69 Å². The predicted molar refractivity (Wildman–Crippen MR) is 68.4 cm³/mol. The number of fused-ring (bicyclic) bond motifs is 1. The molecule has 0 aromatic carbocycles. The minimum absolute atomic E-state index is 0.0915. The fraction of sp³-hybridized carbons (Fsp3) is 0.667. The van der Waals surface area contributed by atoms with Crippen molar-refractivity contribution in [3.63, 3.8) is 0 Å². The SMILES string of the molecule is Cc1nn(C2CCCCC2)c2c1NC(=O)CS2. The van der Waals surface area contributed by atoms with E-state index in [0.29, 0.717) is 11.8 Å². The van der Waals surface area contributed by atoms with Crippen LogP contribution in [0.3, 0.4) is 0 Å². The van der Waals surface area contributed by atoms with E-state index in [4.69, 9.17) is 0 Å². The summed E-state index contributed by atoms with van der Waals surface area (Å²) in [5, 5.41) is 8.74. The van der Waals surface area contributed by atoms with Gasteiger partial charge in [-0.3, -0.25) is 9.48 Å². The second-order valence-corrected chi connectivity index (χ2v) is 5.80. The van der Waals surface area contributed by atoms with Crippen molar-refractivity contribution in [3.8, 4) is 0 Å². The molecule has 0 spiro atoms. The van der Waals surface area contributed by atoms with Crippen LogP contribution in [0.5, 0.6) is 0 Å². The molecule has 3 rings (SSSR count). The first-order valence-corrected chi connectivity index (χ1v) is 7.26. The Balaban J connectivity index is 1.95. The lowest BCUT2D eigenvalue weighted by Crippen LogP contribution is -2.21. The largest absolute Gasteiger partial charge is 0.322 e. The molecule has 0 atom stereocenters. The molecule has 1 N–H and O–H groups in total. The minimum Gasteiger partial charge on any atom is -0.322 e. The van der Waals surface area contributed by atoms with E-state index in [2.05, 4.69) is 15.1 Å². The van der Waals surface area contributed by atoms with Crippen molar-refractivity contribution in [2.24, 2.45) is 0 Å². The average Bonchev–Trinajstić information content (AvgIpc) is 2.68. The molecule has 1 aromatic rings. The number of aryl methyl sites for hydroxylation is 1. The van der Waals surface area contributed by atoms with E-state index in [1.54, 1.807) is 11.8 Å². The highest BCUT2D eigenvalue weighted by Crippen LogP contribution is 2.39. The van der Waals surface area contributed by atoms with E-state index < -0.39 is 0 Å². The first-order chi connectivity index (χ1) is 8.25. The number of carbonyl (C=O) groups excluding carboxylic acids is 1. The molecule has 2 aliphatic rings. The molecule has 0 bridgehead atoms. The Bertz CT molecular complexity index is 449. The number of rotatable bonds is 1. The van der Waals surface area contributed by atoms with Crippen molar-refractivity contribution in [2.45, 2.75) is 50.1 Å². The van der Waals surface area contributed by atoms with Crippen LogP contribution in [0.4, 0.5) is 5.69 Å². The van der Waals surface area contributed by atoms with Gasteiger partial charge in [0.2, 0.25) is 5.91 Å². The summed E-state index contributed by atoms with van der Waals surface area (Å²) in [6.07, 6.45) is 6.40. The van der Waals surface area contributed by atoms with Crippen molar-refractivity contribution < 1.29 is 4.79 Å². The maximum atomic E-state index is 11.4. The van der Waals surface area contributed by atoms with Gasteiger partial charge in [0.25, 0.3) is 0 Å². The summed E-state index contributed by atoms with van der Waals surface area (Å²) in [6, 6.07) is 0.536. The number of hydrogen-bond donors (Lipinski definition) is 1. The smallest absolute Gasteiger partial charge is 0.234 e. The number of anilines is 1. The Morgan fingerprint density at radius 1 is 1.35 bits per heavy atom. The van der Waals surface area contributed by atoms with E-state index in [1.165, 1.54) is 32.1 Å². The number of carbonyl (C=O) groups is 1. The van der Waals surface area contributed by atoms with Crippen molar-refractivity contribution in [2.75, 3.05) is 11.1 Å². The molecule has 1 saturated carbocycles. The van der Waals surface area contributed by atoms with Crippen LogP contribution in [0.1, 0.15) is 43.8 Å². The van der Waals surface area contributed by atoms with E-state index in [1.807, 2.05) is 6.92 Å². The fourth-order valence-corrected chi connectivity index (χ4v) is 3.70. The summed E-state index contributed by atoms with van der Waals surface area (Å²) in [4.78, 5) is 11.4. The van der Waals surface area contributed by atoms with Crippen molar-refractivity contribution >= 4 is 23.4 Å². The van der Waals surface area contributed by atoms with E-state index in [-0.39, 0.29) is 5.91 Å². The molecule has 5 heteroatoms. The topological polar surface area (TPSA) is 46.9 Å². The van der Waals surface area contributed by atoms with Gasteiger partial charge in [0.15, 0.2) is 0 Å². The Labute approximate surface area is 105 Å². The van der Waals surface area contributed by atoms with Crippen LogP contribution >= 0.6 is 11.8 Å². The summed E-state index contributed by atoms with van der Waals surface area (Å²) < 4.78 is 2.16. The van der Waals surface area contributed by atoms with E-state index in [0.717, 1.165) is 16.4 Å². The van der Waals surface area contributed by atoms with Gasteiger partial charge in [0.1, 0.15) is 5.03 Å². The van der Waals surface area contributed by atoms with Gasteiger partial charge in [-0.1, -0.05) is 31.0 Å². The highest BCUT2D eigenvalue weighted by Gasteiger charge is 2.27. The number of amides is 1. The quantitative estimate of drug-likeness (QED) is 0.835. The molecular weight excluding hydrogens is 234 g/mol. The highest BCUT2D eigenvalue weighted by molar-refractivity contribution is 8.00. The zero-order valence-electron chi connectivity index (χ0n) is 10.0. The molecule has 0 saturated heterocycles. The molecule has 0 radical (unpaired) electrons. The first-order valence-electron chi connectivity index (χ1n) is 6.27. The number of nitrogens with one attached hydrogen (secondary N) is 1. The van der Waals surface area contributed by atoms with Crippen molar-refractivity contribution in [1.29, 1.82) is 0 Å². The van der Waals surface area contributed by atoms with Crippen LogP contribution < -0.4 is 5.32 Å². The van der Waals surface area contributed by atoms with E-state index >= 15 is 0 Å². The molecule has 1 amide bonds. The Morgan fingerprint density at radius 2 is 2.12 bits per heavy atom. The van der Waals surface area contributed by atoms with Crippen LogP contribution in [-0.4, -0.2) is 21.4 Å². The van der Waals surface area contributed by atoms with Gasteiger partial charge in [0, 0.05) is 0 Å². The molecule has 0 unspecified atom stereocenters. The summed E-state index contributed by atoms with van der Waals surface area (Å²) in [7, 11) is 0. The zero-order chi connectivity index (χ0) is 11.8. The maximum absolute atomic E-state index is 11.4. The zero-order valence-corrected chi connectivity index (χ0v) is 10.8. The maximum Gasteiger partial charge on any atom is 0.234 e. The molecule has 92 valence electrons. The highest BCUT2D eigenvalue weighted by atomic mass is 32.2. The number of thioether (sulfide) groups is 1. The van der Waals surface area contributed by atoms with Gasteiger partial charge in [-0.25, -0.2) is 0 Å². The number of nitrogens with zero attached hydrogens (tertiary/aromatic N) is 2. The van der Waals surface area contributed by atoms with Gasteiger partial charge < -0.3 is 5.32 Å². The summed E-state index contributed by atoms with van der Waals surface area (Å²) in [6.45, 7) is 1.98. The van der Waals surface area contributed by atoms with Crippen LogP contribution in [-0.2, 0) is 4.79 Å². The first kappa shape index (κ1) is 11.1. The Morgan fingerprint density at radius 3 is 2.88 bits per heavy atom. The summed E-state index contributed by atoms with van der Waals surface area (Å²) in [5.74, 6) is 0.610. The van der Waals surface area contributed by atoms with Crippen LogP contribution in [0.2, 0.25) is 0 Å². The van der Waals surface area contributed by atoms with Gasteiger partial charge in [-0.15, -0.1) is 0 Å². The van der Waals surface area contributed by atoms with Crippen LogP contribution in [0.15, 0.2) is 5.03 Å². The summed E-state index contributed by atoms with van der Waals surface area (Å²) >= 11 is 1.63. The third-order valence-electron chi connectivity index (χ3n) is 3.57. The number of aromatic nitrogens is 2. The van der Waals surface area contributed by atoms with Crippen LogP contribution in [0.25, 0.3) is 0 Å². The molecule has 1 aliphatic carbocycles.